The van der Waals surface area contributed by atoms with E-state index in [1.807, 2.05) is 19.1 Å². The predicted molar refractivity (Wildman–Crippen MR) is 72.4 cm³/mol. The van der Waals surface area contributed by atoms with E-state index in [1.165, 1.54) is 0 Å². The minimum atomic E-state index is -0.882. The van der Waals surface area contributed by atoms with Crippen molar-refractivity contribution >= 4 is 12.0 Å². The van der Waals surface area contributed by atoms with Gasteiger partial charge in [0.15, 0.2) is 0 Å². The molecular weight excluding hydrogens is 260 g/mol. The molecular formula is C14H20N2O4. The summed E-state index contributed by atoms with van der Waals surface area (Å²) >= 11 is 0. The van der Waals surface area contributed by atoms with E-state index in [0.29, 0.717) is 6.42 Å². The number of aliphatic carboxylic acids is 1. The molecule has 1 heterocycles. The summed E-state index contributed by atoms with van der Waals surface area (Å²) < 4.78 is 5.24. The Bertz CT molecular complexity index is 454. The number of urea groups is 1. The Kier molecular flexibility index (Phi) is 4.65. The fraction of sp³-hybridized carbons (Fsp3) is 0.571. The van der Waals surface area contributed by atoms with E-state index < -0.39 is 5.97 Å². The number of hydrogen-bond donors (Lipinski definition) is 2. The number of carboxylic acids is 1. The van der Waals surface area contributed by atoms with E-state index in [2.05, 4.69) is 5.32 Å². The number of furan rings is 1. The van der Waals surface area contributed by atoms with Crippen LogP contribution in [0.4, 0.5) is 4.79 Å². The normalized spacial score (nSPS) is 15.7. The van der Waals surface area contributed by atoms with Crippen molar-refractivity contribution in [3.05, 3.63) is 24.2 Å². The number of carbonyl (C=O) groups excluding carboxylic acids is 1. The highest BCUT2D eigenvalue weighted by Gasteiger charge is 2.33. The topological polar surface area (TPSA) is 82.8 Å². The Morgan fingerprint density at radius 3 is 2.85 bits per heavy atom. The number of rotatable bonds is 7. The lowest BCUT2D eigenvalue weighted by molar-refractivity contribution is -0.137. The summed E-state index contributed by atoms with van der Waals surface area (Å²) in [5, 5.41) is 11.6. The molecule has 20 heavy (non-hydrogen) atoms. The first-order chi connectivity index (χ1) is 9.56. The average Bonchev–Trinajstić information content (AvgIpc) is 3.07. The zero-order chi connectivity index (χ0) is 14.5. The number of nitrogens with one attached hydrogen (secondary N) is 1. The molecule has 110 valence electrons. The first kappa shape index (κ1) is 14.4. The quantitative estimate of drug-likeness (QED) is 0.798. The van der Waals surface area contributed by atoms with Crippen molar-refractivity contribution in [2.75, 3.05) is 6.54 Å². The molecule has 2 amide bonds. The van der Waals surface area contributed by atoms with Crippen LogP contribution < -0.4 is 5.32 Å². The largest absolute Gasteiger partial charge is 0.481 e. The van der Waals surface area contributed by atoms with Crippen LogP contribution in [-0.2, 0) is 11.2 Å². The van der Waals surface area contributed by atoms with Crippen LogP contribution in [0.15, 0.2) is 22.8 Å². The molecule has 1 saturated carbocycles. The fourth-order valence-corrected chi connectivity index (χ4v) is 2.13. The van der Waals surface area contributed by atoms with Gasteiger partial charge in [0.25, 0.3) is 0 Å². The van der Waals surface area contributed by atoms with Crippen molar-refractivity contribution in [1.29, 1.82) is 0 Å². The monoisotopic (exact) mass is 280 g/mol. The van der Waals surface area contributed by atoms with Gasteiger partial charge in [-0.05, 0) is 31.9 Å². The van der Waals surface area contributed by atoms with Crippen molar-refractivity contribution in [2.45, 2.75) is 44.7 Å². The highest BCUT2D eigenvalue weighted by atomic mass is 16.4. The number of amides is 2. The lowest BCUT2D eigenvalue weighted by Crippen LogP contribution is -2.46. The molecule has 0 saturated heterocycles. The van der Waals surface area contributed by atoms with Crippen LogP contribution in [0.1, 0.15) is 31.9 Å². The second-order valence-corrected chi connectivity index (χ2v) is 5.20. The molecule has 2 rings (SSSR count). The summed E-state index contributed by atoms with van der Waals surface area (Å²) in [6.07, 6.45) is 4.12. The molecule has 0 spiro atoms. The summed E-state index contributed by atoms with van der Waals surface area (Å²) in [4.78, 5) is 24.4. The van der Waals surface area contributed by atoms with E-state index in [0.717, 1.165) is 18.6 Å². The zero-order valence-electron chi connectivity index (χ0n) is 11.5. The molecule has 1 aliphatic rings. The highest BCUT2D eigenvalue weighted by Crippen LogP contribution is 2.27. The molecule has 1 aliphatic carbocycles. The van der Waals surface area contributed by atoms with Gasteiger partial charge in [-0.1, -0.05) is 0 Å². The van der Waals surface area contributed by atoms with Crippen LogP contribution in [0.3, 0.4) is 0 Å². The third kappa shape index (κ3) is 4.29. The van der Waals surface area contributed by atoms with E-state index in [1.54, 1.807) is 11.2 Å². The molecule has 1 aromatic heterocycles. The second kappa shape index (κ2) is 6.45. The van der Waals surface area contributed by atoms with Crippen molar-refractivity contribution < 1.29 is 19.1 Å². The van der Waals surface area contributed by atoms with Gasteiger partial charge < -0.3 is 19.7 Å². The van der Waals surface area contributed by atoms with E-state index in [4.69, 9.17) is 9.52 Å². The number of nitrogens with zero attached hydrogens (tertiary/aromatic N) is 1. The van der Waals surface area contributed by atoms with E-state index in [-0.39, 0.29) is 31.1 Å². The fourth-order valence-electron chi connectivity index (χ4n) is 2.13. The van der Waals surface area contributed by atoms with E-state index in [9.17, 15) is 9.59 Å². The molecule has 1 fully saturated rings. The minimum absolute atomic E-state index is 0.0174. The third-order valence-electron chi connectivity index (χ3n) is 3.27. The van der Waals surface area contributed by atoms with Crippen LogP contribution in [0.25, 0.3) is 0 Å². The highest BCUT2D eigenvalue weighted by molar-refractivity contribution is 5.76. The van der Waals surface area contributed by atoms with Crippen LogP contribution in [0, 0.1) is 0 Å². The van der Waals surface area contributed by atoms with Crippen molar-refractivity contribution in [1.82, 2.24) is 10.2 Å². The molecule has 0 radical (unpaired) electrons. The maximum absolute atomic E-state index is 12.2. The van der Waals surface area contributed by atoms with Crippen LogP contribution in [0.2, 0.25) is 0 Å². The van der Waals surface area contributed by atoms with Crippen molar-refractivity contribution in [3.63, 3.8) is 0 Å². The molecule has 0 aliphatic heterocycles. The Morgan fingerprint density at radius 1 is 1.55 bits per heavy atom. The molecule has 6 heteroatoms. The molecule has 1 aromatic rings. The first-order valence-electron chi connectivity index (χ1n) is 6.87. The summed E-state index contributed by atoms with van der Waals surface area (Å²) in [6, 6.07) is 3.64. The third-order valence-corrected chi connectivity index (χ3v) is 3.27. The first-order valence-corrected chi connectivity index (χ1v) is 6.87. The SMILES string of the molecule is CC(Cc1ccco1)NC(=O)N(CCC(=O)O)C1CC1. The second-order valence-electron chi connectivity index (χ2n) is 5.20. The van der Waals surface area contributed by atoms with Crippen LogP contribution >= 0.6 is 0 Å². The Balaban J connectivity index is 1.82. The minimum Gasteiger partial charge on any atom is -0.481 e. The number of carboxylic acid groups (broad SMARTS) is 1. The Morgan fingerprint density at radius 2 is 2.30 bits per heavy atom. The maximum Gasteiger partial charge on any atom is 0.317 e. The predicted octanol–water partition coefficient (Wildman–Crippen LogP) is 1.86. The van der Waals surface area contributed by atoms with Gasteiger partial charge in [-0.3, -0.25) is 4.79 Å². The molecule has 6 nitrogen and oxygen atoms in total. The smallest absolute Gasteiger partial charge is 0.317 e. The number of hydrogen-bond acceptors (Lipinski definition) is 3. The van der Waals surface area contributed by atoms with Gasteiger partial charge in [0.05, 0.1) is 12.7 Å². The van der Waals surface area contributed by atoms with Crippen LogP contribution in [0.5, 0.6) is 0 Å². The van der Waals surface area contributed by atoms with Gasteiger partial charge in [-0.15, -0.1) is 0 Å². The maximum atomic E-state index is 12.2. The van der Waals surface area contributed by atoms with Crippen molar-refractivity contribution in [2.24, 2.45) is 0 Å². The van der Waals surface area contributed by atoms with E-state index >= 15 is 0 Å². The van der Waals surface area contributed by atoms with Gasteiger partial charge in [0.2, 0.25) is 0 Å². The standard InChI is InChI=1S/C14H20N2O4/c1-10(9-12-3-2-8-20-12)15-14(19)16(11-4-5-11)7-6-13(17)18/h2-3,8,10-11H,4-7,9H2,1H3,(H,15,19)(H,17,18). The molecule has 1 atom stereocenters. The molecule has 2 N–H and O–H groups in total. The summed E-state index contributed by atoms with van der Waals surface area (Å²) in [7, 11) is 0. The summed E-state index contributed by atoms with van der Waals surface area (Å²) in [5.74, 6) is -0.0617. The Labute approximate surface area is 117 Å². The van der Waals surface area contributed by atoms with Gasteiger partial charge in [-0.25, -0.2) is 4.79 Å². The van der Waals surface area contributed by atoms with Gasteiger partial charge in [-0.2, -0.15) is 0 Å². The number of carbonyl (C=O) groups is 2. The molecule has 0 bridgehead atoms. The molecule has 1 unspecified atom stereocenters. The van der Waals surface area contributed by atoms with Gasteiger partial charge >= 0.3 is 12.0 Å². The van der Waals surface area contributed by atoms with Gasteiger partial charge in [0.1, 0.15) is 5.76 Å². The Hall–Kier alpha value is -1.98. The van der Waals surface area contributed by atoms with Gasteiger partial charge in [0, 0.05) is 25.0 Å². The lowest BCUT2D eigenvalue weighted by atomic mass is 10.2. The molecule has 0 aromatic carbocycles. The van der Waals surface area contributed by atoms with Crippen LogP contribution in [-0.4, -0.2) is 40.6 Å². The lowest BCUT2D eigenvalue weighted by Gasteiger charge is -2.24. The average molecular weight is 280 g/mol. The summed E-state index contributed by atoms with van der Waals surface area (Å²) in [6.45, 7) is 2.17. The van der Waals surface area contributed by atoms with Crippen molar-refractivity contribution in [3.8, 4) is 0 Å². The summed E-state index contributed by atoms with van der Waals surface area (Å²) in [5.41, 5.74) is 0. The zero-order valence-corrected chi connectivity index (χ0v) is 11.5.